The summed E-state index contributed by atoms with van der Waals surface area (Å²) in [5.41, 5.74) is 1.60. The van der Waals surface area contributed by atoms with Crippen molar-refractivity contribution in [2.24, 2.45) is 0 Å². The monoisotopic (exact) mass is 260 g/mol. The van der Waals surface area contributed by atoms with Crippen molar-refractivity contribution < 1.29 is 0 Å². The molecule has 0 fully saturated rings. The van der Waals surface area contributed by atoms with E-state index in [-0.39, 0.29) is 0 Å². The summed E-state index contributed by atoms with van der Waals surface area (Å²) < 4.78 is 1.68. The second kappa shape index (κ2) is 4.44. The fourth-order valence-corrected chi connectivity index (χ4v) is 1.87. The molecule has 5 heteroatoms. The molecule has 1 heterocycles. The van der Waals surface area contributed by atoms with Gasteiger partial charge in [0, 0.05) is 11.2 Å². The number of halogens is 3. The van der Waals surface area contributed by atoms with E-state index in [0.29, 0.717) is 15.9 Å². The molecule has 0 radical (unpaired) electrons. The molecular weight excluding hydrogens is 254 g/mol. The van der Waals surface area contributed by atoms with Crippen molar-refractivity contribution in [2.75, 3.05) is 0 Å². The molecule has 15 heavy (non-hydrogen) atoms. The fourth-order valence-electron chi connectivity index (χ4n) is 1.23. The van der Waals surface area contributed by atoms with Crippen LogP contribution in [0.15, 0.2) is 30.5 Å². The lowest BCUT2D eigenvalue weighted by Crippen LogP contribution is -1.96. The van der Waals surface area contributed by atoms with E-state index < -0.39 is 0 Å². The molecule has 2 aromatic rings. The lowest BCUT2D eigenvalue weighted by molar-refractivity contribution is 0.859. The van der Waals surface area contributed by atoms with Crippen molar-refractivity contribution in [3.63, 3.8) is 0 Å². The molecule has 78 valence electrons. The second-order valence-electron chi connectivity index (χ2n) is 2.98. The minimum absolute atomic E-state index is 0.387. The highest BCUT2D eigenvalue weighted by Crippen LogP contribution is 2.23. The predicted octanol–water partition coefficient (Wildman–Crippen LogP) is 3.92. The Morgan fingerprint density at radius 2 is 2.00 bits per heavy atom. The molecule has 0 spiro atoms. The summed E-state index contributed by atoms with van der Waals surface area (Å²) in [6.07, 6.45) is 1.81. The standard InChI is InChI=1S/C10H7Cl3N2/c11-6-8-3-4-15(14-8)10-2-1-7(12)5-9(10)13/h1-5H,6H2. The number of alkyl halides is 1. The average Bonchev–Trinajstić information content (AvgIpc) is 2.66. The average molecular weight is 262 g/mol. The highest BCUT2D eigenvalue weighted by atomic mass is 35.5. The largest absolute Gasteiger partial charge is 0.239 e. The van der Waals surface area contributed by atoms with Crippen LogP contribution >= 0.6 is 34.8 Å². The van der Waals surface area contributed by atoms with E-state index >= 15 is 0 Å². The summed E-state index contributed by atoms with van der Waals surface area (Å²) in [6, 6.07) is 7.11. The second-order valence-corrected chi connectivity index (χ2v) is 4.09. The van der Waals surface area contributed by atoms with E-state index in [1.54, 1.807) is 16.8 Å². The first-order chi connectivity index (χ1) is 7.20. The highest BCUT2D eigenvalue weighted by Gasteiger charge is 2.05. The molecule has 2 rings (SSSR count). The smallest absolute Gasteiger partial charge is 0.0832 e. The minimum atomic E-state index is 0.387. The number of aromatic nitrogens is 2. The Labute approximate surface area is 102 Å². The first-order valence-electron chi connectivity index (χ1n) is 4.26. The van der Waals surface area contributed by atoms with Gasteiger partial charge in [0.1, 0.15) is 0 Å². The van der Waals surface area contributed by atoms with Crippen LogP contribution in [0.5, 0.6) is 0 Å². The SMILES string of the molecule is ClCc1ccn(-c2ccc(Cl)cc2Cl)n1. The Morgan fingerprint density at radius 3 is 2.60 bits per heavy atom. The number of benzene rings is 1. The Hall–Kier alpha value is -0.700. The third-order valence-electron chi connectivity index (χ3n) is 1.94. The summed E-state index contributed by atoms with van der Waals surface area (Å²) >= 11 is 17.5. The number of rotatable bonds is 2. The Bertz CT molecular complexity index is 479. The number of hydrogen-bond donors (Lipinski definition) is 0. The molecule has 1 aromatic carbocycles. The van der Waals surface area contributed by atoms with E-state index in [0.717, 1.165) is 11.4 Å². The van der Waals surface area contributed by atoms with Crippen LogP contribution in [0.1, 0.15) is 5.69 Å². The van der Waals surface area contributed by atoms with Gasteiger partial charge in [-0.2, -0.15) is 5.10 Å². The molecule has 0 bridgehead atoms. The number of hydrogen-bond acceptors (Lipinski definition) is 1. The summed E-state index contributed by atoms with van der Waals surface area (Å²) in [4.78, 5) is 0. The van der Waals surface area contributed by atoms with Gasteiger partial charge in [0.2, 0.25) is 0 Å². The summed E-state index contributed by atoms with van der Waals surface area (Å²) in [5.74, 6) is 0.387. The van der Waals surface area contributed by atoms with Crippen LogP contribution in [0.3, 0.4) is 0 Å². The summed E-state index contributed by atoms with van der Waals surface area (Å²) in [7, 11) is 0. The van der Waals surface area contributed by atoms with Crippen LogP contribution in [0.25, 0.3) is 5.69 Å². The van der Waals surface area contributed by atoms with Crippen molar-refractivity contribution >= 4 is 34.8 Å². The van der Waals surface area contributed by atoms with Crippen molar-refractivity contribution in [3.8, 4) is 5.69 Å². The van der Waals surface area contributed by atoms with Gasteiger partial charge in [-0.25, -0.2) is 4.68 Å². The molecular formula is C10H7Cl3N2. The molecule has 2 nitrogen and oxygen atoms in total. The van der Waals surface area contributed by atoms with Gasteiger partial charge in [0.25, 0.3) is 0 Å². The maximum atomic E-state index is 6.04. The molecule has 0 amide bonds. The lowest BCUT2D eigenvalue weighted by atomic mass is 10.3. The van der Waals surface area contributed by atoms with Crippen molar-refractivity contribution in [2.45, 2.75) is 5.88 Å². The molecule has 0 aliphatic heterocycles. The quantitative estimate of drug-likeness (QED) is 0.749. The Morgan fingerprint density at radius 1 is 1.20 bits per heavy atom. The molecule has 0 saturated heterocycles. The zero-order valence-corrected chi connectivity index (χ0v) is 9.89. The third kappa shape index (κ3) is 2.28. The maximum Gasteiger partial charge on any atom is 0.0832 e. The molecule has 1 aromatic heterocycles. The van der Waals surface area contributed by atoms with E-state index in [9.17, 15) is 0 Å². The summed E-state index contributed by atoms with van der Waals surface area (Å²) in [5, 5.41) is 5.41. The van der Waals surface area contributed by atoms with E-state index in [1.807, 2.05) is 18.3 Å². The van der Waals surface area contributed by atoms with Crippen LogP contribution in [0, 0.1) is 0 Å². The van der Waals surface area contributed by atoms with Crippen molar-refractivity contribution in [1.82, 2.24) is 9.78 Å². The van der Waals surface area contributed by atoms with Gasteiger partial charge < -0.3 is 0 Å². The van der Waals surface area contributed by atoms with Gasteiger partial charge in [-0.3, -0.25) is 0 Å². The van der Waals surface area contributed by atoms with Gasteiger partial charge in [0.15, 0.2) is 0 Å². The lowest BCUT2D eigenvalue weighted by Gasteiger charge is -2.03. The fraction of sp³-hybridized carbons (Fsp3) is 0.100. The van der Waals surface area contributed by atoms with Gasteiger partial charge >= 0.3 is 0 Å². The van der Waals surface area contributed by atoms with Crippen molar-refractivity contribution in [3.05, 3.63) is 46.2 Å². The molecule has 0 aliphatic carbocycles. The molecule has 0 atom stereocenters. The van der Waals surface area contributed by atoms with Crippen LogP contribution in [0.4, 0.5) is 0 Å². The van der Waals surface area contributed by atoms with Crippen LogP contribution < -0.4 is 0 Å². The van der Waals surface area contributed by atoms with Gasteiger partial charge in [0.05, 0.1) is 22.3 Å². The molecule has 0 N–H and O–H groups in total. The van der Waals surface area contributed by atoms with Gasteiger partial charge in [-0.1, -0.05) is 23.2 Å². The van der Waals surface area contributed by atoms with E-state index in [2.05, 4.69) is 5.10 Å². The van der Waals surface area contributed by atoms with E-state index in [1.165, 1.54) is 0 Å². The third-order valence-corrected chi connectivity index (χ3v) is 2.75. The zero-order chi connectivity index (χ0) is 10.8. The highest BCUT2D eigenvalue weighted by molar-refractivity contribution is 6.35. The van der Waals surface area contributed by atoms with Gasteiger partial charge in [-0.05, 0) is 24.3 Å². The maximum absolute atomic E-state index is 6.04. The Kier molecular flexibility index (Phi) is 3.19. The van der Waals surface area contributed by atoms with Crippen LogP contribution in [-0.2, 0) is 5.88 Å². The molecule has 0 saturated carbocycles. The molecule has 0 unspecified atom stereocenters. The minimum Gasteiger partial charge on any atom is -0.239 e. The first kappa shape index (κ1) is 10.8. The zero-order valence-electron chi connectivity index (χ0n) is 7.62. The van der Waals surface area contributed by atoms with Crippen LogP contribution in [0.2, 0.25) is 10.0 Å². The topological polar surface area (TPSA) is 17.8 Å². The predicted molar refractivity (Wildman–Crippen MR) is 63.1 cm³/mol. The van der Waals surface area contributed by atoms with Crippen LogP contribution in [-0.4, -0.2) is 9.78 Å². The summed E-state index contributed by atoms with van der Waals surface area (Å²) in [6.45, 7) is 0. The van der Waals surface area contributed by atoms with E-state index in [4.69, 9.17) is 34.8 Å². The Balaban J connectivity index is 2.44. The van der Waals surface area contributed by atoms with Crippen molar-refractivity contribution in [1.29, 1.82) is 0 Å². The molecule has 0 aliphatic rings. The first-order valence-corrected chi connectivity index (χ1v) is 5.55. The number of nitrogens with zero attached hydrogens (tertiary/aromatic N) is 2. The van der Waals surface area contributed by atoms with Gasteiger partial charge in [-0.15, -0.1) is 11.6 Å². The normalized spacial score (nSPS) is 10.6.